The van der Waals surface area contributed by atoms with Crippen molar-refractivity contribution in [3.05, 3.63) is 23.5 Å². The fourth-order valence-electron chi connectivity index (χ4n) is 1.07. The van der Waals surface area contributed by atoms with Gasteiger partial charge in [-0.15, -0.1) is 6.42 Å². The second kappa shape index (κ2) is 5.00. The molecule has 0 saturated heterocycles. The highest BCUT2D eigenvalue weighted by atomic mass is 19.1. The monoisotopic (exact) mass is 224 g/mol. The Labute approximate surface area is 91.0 Å². The van der Waals surface area contributed by atoms with E-state index in [1.165, 1.54) is 6.07 Å². The van der Waals surface area contributed by atoms with Crippen LogP contribution in [-0.4, -0.2) is 17.7 Å². The van der Waals surface area contributed by atoms with Gasteiger partial charge in [0.1, 0.15) is 18.0 Å². The molecular formula is C10H9FN2O3. The largest absolute Gasteiger partial charge is 0.478 e. The predicted octanol–water partition coefficient (Wildman–Crippen LogP) is 1.08. The van der Waals surface area contributed by atoms with Crippen molar-refractivity contribution >= 4 is 17.3 Å². The van der Waals surface area contributed by atoms with Crippen LogP contribution in [0.3, 0.4) is 0 Å². The molecule has 0 fully saturated rings. The van der Waals surface area contributed by atoms with Gasteiger partial charge in [-0.1, -0.05) is 5.92 Å². The van der Waals surface area contributed by atoms with E-state index >= 15 is 0 Å². The van der Waals surface area contributed by atoms with Crippen LogP contribution >= 0.6 is 0 Å². The molecule has 0 unspecified atom stereocenters. The zero-order chi connectivity index (χ0) is 12.1. The molecule has 0 aromatic heterocycles. The third-order valence-electron chi connectivity index (χ3n) is 1.74. The molecule has 0 aliphatic heterocycles. The summed E-state index contributed by atoms with van der Waals surface area (Å²) in [6, 6.07) is 2.23. The number of nitrogen functional groups attached to an aromatic ring is 1. The summed E-state index contributed by atoms with van der Waals surface area (Å²) in [6.07, 6.45) is 4.93. The molecule has 0 saturated carbocycles. The molecule has 84 valence electrons. The molecule has 0 heterocycles. The van der Waals surface area contributed by atoms with Crippen LogP contribution in [0.5, 0.6) is 0 Å². The first-order valence-corrected chi connectivity index (χ1v) is 4.20. The van der Waals surface area contributed by atoms with E-state index in [9.17, 15) is 9.18 Å². The van der Waals surface area contributed by atoms with Crippen LogP contribution in [0, 0.1) is 18.2 Å². The molecule has 0 aliphatic rings. The summed E-state index contributed by atoms with van der Waals surface area (Å²) >= 11 is 0. The van der Waals surface area contributed by atoms with E-state index < -0.39 is 23.0 Å². The van der Waals surface area contributed by atoms with E-state index in [0.717, 1.165) is 6.07 Å². The molecule has 1 aromatic carbocycles. The minimum Gasteiger partial charge on any atom is -0.478 e. The summed E-state index contributed by atoms with van der Waals surface area (Å²) in [4.78, 5) is 15.6. The van der Waals surface area contributed by atoms with Crippen LogP contribution in [0.25, 0.3) is 0 Å². The maximum atomic E-state index is 13.0. The number of carboxylic acids is 1. The molecule has 0 spiro atoms. The number of rotatable bonds is 4. The molecule has 16 heavy (non-hydrogen) atoms. The average molecular weight is 224 g/mol. The van der Waals surface area contributed by atoms with Gasteiger partial charge in [0.2, 0.25) is 0 Å². The van der Waals surface area contributed by atoms with E-state index in [1.807, 2.05) is 0 Å². The van der Waals surface area contributed by atoms with Gasteiger partial charge in [0.05, 0.1) is 11.4 Å². The lowest BCUT2D eigenvalue weighted by Crippen LogP contribution is -2.11. The zero-order valence-corrected chi connectivity index (χ0v) is 8.16. The van der Waals surface area contributed by atoms with Gasteiger partial charge < -0.3 is 10.8 Å². The highest BCUT2D eigenvalue weighted by Gasteiger charge is 2.17. The van der Waals surface area contributed by atoms with E-state index in [4.69, 9.17) is 22.1 Å². The number of aromatic carboxylic acids is 1. The summed E-state index contributed by atoms with van der Waals surface area (Å²) in [5, 5.41) is 8.84. The van der Waals surface area contributed by atoms with Gasteiger partial charge >= 0.3 is 5.97 Å². The summed E-state index contributed by atoms with van der Waals surface area (Å²) in [5.74, 6) is 0.0119. The van der Waals surface area contributed by atoms with Crippen molar-refractivity contribution in [2.24, 2.45) is 0 Å². The first-order valence-electron chi connectivity index (χ1n) is 4.20. The first-order chi connectivity index (χ1) is 7.57. The minimum absolute atomic E-state index is 0.0432. The van der Waals surface area contributed by atoms with Crippen LogP contribution < -0.4 is 11.2 Å². The summed E-state index contributed by atoms with van der Waals surface area (Å²) in [5.41, 5.74) is 6.79. The molecular weight excluding hydrogens is 215 g/mol. The summed E-state index contributed by atoms with van der Waals surface area (Å²) in [6.45, 7) is -0.0592. The van der Waals surface area contributed by atoms with E-state index in [1.54, 1.807) is 0 Å². The first kappa shape index (κ1) is 11.8. The Morgan fingerprint density at radius 1 is 1.69 bits per heavy atom. The molecule has 0 aliphatic carbocycles. The van der Waals surface area contributed by atoms with Crippen LogP contribution in [0.1, 0.15) is 10.4 Å². The predicted molar refractivity (Wildman–Crippen MR) is 56.2 cm³/mol. The molecule has 4 N–H and O–H groups in total. The van der Waals surface area contributed by atoms with Crippen LogP contribution in [0.4, 0.5) is 15.8 Å². The van der Waals surface area contributed by atoms with Crippen molar-refractivity contribution in [1.29, 1.82) is 0 Å². The number of halogens is 1. The Kier molecular flexibility index (Phi) is 3.69. The number of carbonyl (C=O) groups is 1. The topological polar surface area (TPSA) is 84.6 Å². The van der Waals surface area contributed by atoms with Crippen LogP contribution in [0.15, 0.2) is 12.1 Å². The normalized spacial score (nSPS) is 9.50. The fourth-order valence-corrected chi connectivity index (χ4v) is 1.07. The number of anilines is 2. The third-order valence-corrected chi connectivity index (χ3v) is 1.74. The number of carboxylic acid groups (broad SMARTS) is 1. The second-order valence-electron chi connectivity index (χ2n) is 2.78. The Morgan fingerprint density at radius 2 is 2.38 bits per heavy atom. The third kappa shape index (κ3) is 2.40. The highest BCUT2D eigenvalue weighted by molar-refractivity contribution is 5.99. The lowest BCUT2D eigenvalue weighted by Gasteiger charge is -2.10. The molecule has 0 bridgehead atoms. The Hall–Kier alpha value is -2.26. The van der Waals surface area contributed by atoms with E-state index in [2.05, 4.69) is 11.4 Å². The number of nitrogens with one attached hydrogen (secondary N) is 1. The van der Waals surface area contributed by atoms with Gasteiger partial charge in [0, 0.05) is 0 Å². The SMILES string of the molecule is C#CCONc1ccc(F)c(N)c1C(=O)O. The van der Waals surface area contributed by atoms with Crippen molar-refractivity contribution in [2.75, 3.05) is 17.8 Å². The van der Waals surface area contributed by atoms with Gasteiger partial charge in [-0.2, -0.15) is 0 Å². The van der Waals surface area contributed by atoms with Gasteiger partial charge in [-0.25, -0.2) is 9.18 Å². The molecule has 5 nitrogen and oxygen atoms in total. The van der Waals surface area contributed by atoms with Crippen molar-refractivity contribution in [1.82, 2.24) is 0 Å². The lowest BCUT2D eigenvalue weighted by molar-refractivity contribution is 0.0697. The Bertz CT molecular complexity index is 454. The molecule has 1 aromatic rings. The maximum absolute atomic E-state index is 13.0. The molecule has 0 atom stereocenters. The van der Waals surface area contributed by atoms with Crippen LogP contribution in [0.2, 0.25) is 0 Å². The van der Waals surface area contributed by atoms with Crippen molar-refractivity contribution < 1.29 is 19.1 Å². The average Bonchev–Trinajstić information content (AvgIpc) is 2.23. The van der Waals surface area contributed by atoms with Gasteiger partial charge in [0.25, 0.3) is 0 Å². The van der Waals surface area contributed by atoms with Crippen LogP contribution in [-0.2, 0) is 4.84 Å². The molecule has 0 radical (unpaired) electrons. The zero-order valence-electron chi connectivity index (χ0n) is 8.16. The second-order valence-corrected chi connectivity index (χ2v) is 2.78. The number of hydrogen-bond donors (Lipinski definition) is 3. The number of benzene rings is 1. The summed E-state index contributed by atoms with van der Waals surface area (Å²) in [7, 11) is 0. The standard InChI is InChI=1S/C10H9FN2O3/c1-2-5-16-13-7-4-3-6(11)9(12)8(7)10(14)15/h1,3-4,13H,5,12H2,(H,14,15). The smallest absolute Gasteiger partial charge is 0.340 e. The van der Waals surface area contributed by atoms with Gasteiger partial charge in [0.15, 0.2) is 0 Å². The maximum Gasteiger partial charge on any atom is 0.340 e. The number of terminal acetylenes is 1. The van der Waals surface area contributed by atoms with Gasteiger partial charge in [-0.3, -0.25) is 10.3 Å². The summed E-state index contributed by atoms with van der Waals surface area (Å²) < 4.78 is 13.0. The fraction of sp³-hybridized carbons (Fsp3) is 0.100. The van der Waals surface area contributed by atoms with E-state index in [0.29, 0.717) is 0 Å². The quantitative estimate of drug-likeness (QED) is 0.308. The molecule has 6 heteroatoms. The number of hydrogen-bond acceptors (Lipinski definition) is 4. The highest BCUT2D eigenvalue weighted by Crippen LogP contribution is 2.24. The van der Waals surface area contributed by atoms with Gasteiger partial charge in [-0.05, 0) is 12.1 Å². The molecule has 1 rings (SSSR count). The molecule has 0 amide bonds. The lowest BCUT2D eigenvalue weighted by atomic mass is 10.1. The number of nitrogens with two attached hydrogens (primary N) is 1. The van der Waals surface area contributed by atoms with E-state index in [-0.39, 0.29) is 12.3 Å². The Balaban J connectivity index is 3.05. The van der Waals surface area contributed by atoms with Crippen molar-refractivity contribution in [3.63, 3.8) is 0 Å². The minimum atomic E-state index is -1.36. The Morgan fingerprint density at radius 3 is 2.94 bits per heavy atom. The van der Waals surface area contributed by atoms with Crippen molar-refractivity contribution in [2.45, 2.75) is 0 Å². The van der Waals surface area contributed by atoms with Crippen molar-refractivity contribution in [3.8, 4) is 12.3 Å².